The van der Waals surface area contributed by atoms with Gasteiger partial charge in [-0.3, -0.25) is 14.5 Å². The van der Waals surface area contributed by atoms with Gasteiger partial charge in [0.05, 0.1) is 5.25 Å². The summed E-state index contributed by atoms with van der Waals surface area (Å²) in [6, 6.07) is 21.8. The summed E-state index contributed by atoms with van der Waals surface area (Å²) in [6.07, 6.45) is 0.299. The van der Waals surface area contributed by atoms with Crippen LogP contribution in [-0.2, 0) is 16.0 Å². The van der Waals surface area contributed by atoms with Gasteiger partial charge in [-0.1, -0.05) is 65.3 Å². The number of halogens is 2. The quantitative estimate of drug-likeness (QED) is 0.300. The summed E-state index contributed by atoms with van der Waals surface area (Å²) >= 11 is 13.7. The van der Waals surface area contributed by atoms with E-state index in [0.29, 0.717) is 27.8 Å². The van der Waals surface area contributed by atoms with Crippen LogP contribution in [0.5, 0.6) is 0 Å². The number of nitrogens with one attached hydrogen (secondary N) is 1. The number of amides is 2. The first-order valence-corrected chi connectivity index (χ1v) is 12.4. The van der Waals surface area contributed by atoms with E-state index in [-0.39, 0.29) is 16.5 Å². The Morgan fingerprint density at radius 3 is 2.54 bits per heavy atom. The molecule has 0 saturated carbocycles. The first-order valence-electron chi connectivity index (χ1n) is 10.8. The molecule has 4 rings (SSSR count). The fourth-order valence-corrected chi connectivity index (χ4v) is 5.44. The number of nitriles is 1. The third kappa shape index (κ3) is 5.38. The molecular formula is C27H21Cl2N3O2S. The van der Waals surface area contributed by atoms with Gasteiger partial charge in [-0.25, -0.2) is 0 Å². The largest absolute Gasteiger partial charge is 0.321 e. The van der Waals surface area contributed by atoms with Crippen molar-refractivity contribution in [1.82, 2.24) is 0 Å². The maximum Gasteiger partial charge on any atom is 0.269 e. The van der Waals surface area contributed by atoms with E-state index in [1.807, 2.05) is 44.2 Å². The van der Waals surface area contributed by atoms with Crippen molar-refractivity contribution in [2.45, 2.75) is 25.5 Å². The van der Waals surface area contributed by atoms with Gasteiger partial charge in [-0.05, 0) is 73.4 Å². The second-order valence-electron chi connectivity index (χ2n) is 8.12. The predicted octanol–water partition coefficient (Wildman–Crippen LogP) is 6.68. The fraction of sp³-hybridized carbons (Fsp3) is 0.148. The SMILES string of the molecule is Cc1ccc(C)c(NC(=O)/C(C#N)=C2/SC(Cc3cc(Cl)ccc3Cl)C(=O)N2c2ccccc2)c1. The molecule has 3 aromatic rings. The van der Waals surface area contributed by atoms with Crippen molar-refractivity contribution in [3.05, 3.63) is 104 Å². The molecular weight excluding hydrogens is 501 g/mol. The average Bonchev–Trinajstić information content (AvgIpc) is 3.15. The lowest BCUT2D eigenvalue weighted by Gasteiger charge is -2.19. The molecule has 35 heavy (non-hydrogen) atoms. The number of nitrogens with zero attached hydrogens (tertiary/aromatic N) is 2. The number of hydrogen-bond acceptors (Lipinski definition) is 4. The normalized spacial score (nSPS) is 16.7. The number of hydrogen-bond donors (Lipinski definition) is 1. The van der Waals surface area contributed by atoms with Gasteiger partial charge in [0.2, 0.25) is 5.91 Å². The van der Waals surface area contributed by atoms with Crippen LogP contribution in [-0.4, -0.2) is 17.1 Å². The topological polar surface area (TPSA) is 73.2 Å². The van der Waals surface area contributed by atoms with Crippen LogP contribution in [0, 0.1) is 25.2 Å². The first kappa shape index (κ1) is 24.9. The van der Waals surface area contributed by atoms with Crippen molar-refractivity contribution in [2.75, 3.05) is 10.2 Å². The lowest BCUT2D eigenvalue weighted by Crippen LogP contribution is -2.31. The zero-order valence-corrected chi connectivity index (χ0v) is 21.3. The van der Waals surface area contributed by atoms with Crippen molar-refractivity contribution < 1.29 is 9.59 Å². The smallest absolute Gasteiger partial charge is 0.269 e. The van der Waals surface area contributed by atoms with Gasteiger partial charge in [-0.15, -0.1) is 0 Å². The Morgan fingerprint density at radius 2 is 1.83 bits per heavy atom. The summed E-state index contributed by atoms with van der Waals surface area (Å²) in [4.78, 5) is 28.3. The molecule has 0 spiro atoms. The van der Waals surface area contributed by atoms with E-state index >= 15 is 0 Å². The van der Waals surface area contributed by atoms with Gasteiger partial charge in [0.1, 0.15) is 16.7 Å². The molecule has 0 bridgehead atoms. The summed E-state index contributed by atoms with van der Waals surface area (Å²) in [7, 11) is 0. The molecule has 1 aliphatic rings. The molecule has 5 nitrogen and oxygen atoms in total. The van der Waals surface area contributed by atoms with Crippen molar-refractivity contribution in [3.8, 4) is 6.07 Å². The first-order chi connectivity index (χ1) is 16.8. The van der Waals surface area contributed by atoms with E-state index in [9.17, 15) is 14.9 Å². The van der Waals surface area contributed by atoms with E-state index in [1.54, 1.807) is 42.5 Å². The number of thioether (sulfide) groups is 1. The number of anilines is 2. The Bertz CT molecular complexity index is 1380. The van der Waals surface area contributed by atoms with Crippen molar-refractivity contribution in [3.63, 3.8) is 0 Å². The number of benzene rings is 3. The number of aryl methyl sites for hydroxylation is 2. The van der Waals surface area contributed by atoms with Crippen LogP contribution in [0.2, 0.25) is 10.0 Å². The summed E-state index contributed by atoms with van der Waals surface area (Å²) in [6.45, 7) is 3.80. The Labute approximate surface area is 218 Å². The molecule has 8 heteroatoms. The van der Waals surface area contributed by atoms with Crippen molar-refractivity contribution >= 4 is 58.2 Å². The van der Waals surface area contributed by atoms with Gasteiger partial charge in [0.15, 0.2) is 0 Å². The Hall–Kier alpha value is -3.24. The molecule has 1 N–H and O–H groups in total. The van der Waals surface area contributed by atoms with Crippen LogP contribution in [0.4, 0.5) is 11.4 Å². The summed E-state index contributed by atoms with van der Waals surface area (Å²) in [5.41, 5.74) is 3.63. The van der Waals surface area contributed by atoms with Crippen molar-refractivity contribution in [1.29, 1.82) is 5.26 Å². The van der Waals surface area contributed by atoms with Gasteiger partial charge in [0, 0.05) is 21.4 Å². The van der Waals surface area contributed by atoms with E-state index in [0.717, 1.165) is 16.7 Å². The van der Waals surface area contributed by atoms with Crippen molar-refractivity contribution in [2.24, 2.45) is 0 Å². The highest BCUT2D eigenvalue weighted by atomic mass is 35.5. The zero-order valence-electron chi connectivity index (χ0n) is 19.0. The molecule has 3 aromatic carbocycles. The molecule has 1 aliphatic heterocycles. The van der Waals surface area contributed by atoms with Crippen LogP contribution < -0.4 is 10.2 Å². The van der Waals surface area contributed by atoms with Crippen LogP contribution in [0.3, 0.4) is 0 Å². The third-order valence-electron chi connectivity index (χ3n) is 5.57. The Morgan fingerprint density at radius 1 is 1.09 bits per heavy atom. The maximum absolute atomic E-state index is 13.6. The summed E-state index contributed by atoms with van der Waals surface area (Å²) in [5, 5.41) is 13.6. The lowest BCUT2D eigenvalue weighted by molar-refractivity contribution is -0.117. The minimum atomic E-state index is -0.585. The van der Waals surface area contributed by atoms with E-state index in [2.05, 4.69) is 5.32 Å². The highest BCUT2D eigenvalue weighted by molar-refractivity contribution is 8.05. The van der Waals surface area contributed by atoms with Crippen LogP contribution >= 0.6 is 35.0 Å². The Kier molecular flexibility index (Phi) is 7.51. The molecule has 0 aliphatic carbocycles. The highest BCUT2D eigenvalue weighted by Crippen LogP contribution is 2.42. The molecule has 176 valence electrons. The second kappa shape index (κ2) is 10.6. The monoisotopic (exact) mass is 521 g/mol. The average molecular weight is 522 g/mol. The van der Waals surface area contributed by atoms with Crippen LogP contribution in [0.25, 0.3) is 0 Å². The predicted molar refractivity (Wildman–Crippen MR) is 143 cm³/mol. The molecule has 1 fully saturated rings. The van der Waals surface area contributed by atoms with E-state index in [1.165, 1.54) is 16.7 Å². The van der Waals surface area contributed by atoms with Gasteiger partial charge < -0.3 is 5.32 Å². The van der Waals surface area contributed by atoms with E-state index < -0.39 is 11.2 Å². The molecule has 1 unspecified atom stereocenters. The number of para-hydroxylation sites is 1. The number of rotatable bonds is 5. The third-order valence-corrected chi connectivity index (χ3v) is 7.44. The zero-order chi connectivity index (χ0) is 25.1. The van der Waals surface area contributed by atoms with E-state index in [4.69, 9.17) is 23.2 Å². The highest BCUT2D eigenvalue weighted by Gasteiger charge is 2.41. The summed E-state index contributed by atoms with van der Waals surface area (Å²) in [5.74, 6) is -0.807. The van der Waals surface area contributed by atoms with Gasteiger partial charge in [0.25, 0.3) is 5.91 Å². The standard InChI is InChI=1S/C27H21Cl2N3O2S/c1-16-8-9-17(2)23(12-16)31-25(33)21(15-30)27-32(20-6-4-3-5-7-20)26(34)24(35-27)14-18-13-19(28)10-11-22(18)29/h3-13,24H,14H2,1-2H3,(H,31,33)/b27-21+. The van der Waals surface area contributed by atoms with Gasteiger partial charge >= 0.3 is 0 Å². The molecule has 0 aromatic heterocycles. The molecule has 1 saturated heterocycles. The Balaban J connectivity index is 1.74. The minimum absolute atomic E-state index is 0.132. The molecule has 1 heterocycles. The second-order valence-corrected chi connectivity index (χ2v) is 10.2. The number of carbonyl (C=O) groups is 2. The fourth-order valence-electron chi connectivity index (χ4n) is 3.75. The van der Waals surface area contributed by atoms with Crippen LogP contribution in [0.1, 0.15) is 16.7 Å². The molecule has 2 amide bonds. The number of carbonyl (C=O) groups excluding carboxylic acids is 2. The maximum atomic E-state index is 13.6. The summed E-state index contributed by atoms with van der Waals surface area (Å²) < 4.78 is 0. The van der Waals surface area contributed by atoms with Gasteiger partial charge in [-0.2, -0.15) is 5.26 Å². The minimum Gasteiger partial charge on any atom is -0.321 e. The molecule has 0 radical (unpaired) electrons. The lowest BCUT2D eigenvalue weighted by atomic mass is 10.1. The van der Waals surface area contributed by atoms with Crippen LogP contribution in [0.15, 0.2) is 77.3 Å². The molecule has 1 atom stereocenters.